The van der Waals surface area contributed by atoms with E-state index in [1.54, 1.807) is 11.3 Å². The van der Waals surface area contributed by atoms with Gasteiger partial charge in [-0.25, -0.2) is 0 Å². The van der Waals surface area contributed by atoms with E-state index in [2.05, 4.69) is 67.5 Å². The van der Waals surface area contributed by atoms with Gasteiger partial charge in [0.1, 0.15) is 0 Å². The minimum absolute atomic E-state index is 0.652. The maximum absolute atomic E-state index is 4.01. The Bertz CT molecular complexity index is 526. The predicted molar refractivity (Wildman–Crippen MR) is 106 cm³/mol. The van der Waals surface area contributed by atoms with Crippen LogP contribution in [0.5, 0.6) is 0 Å². The predicted octanol–water partition coefficient (Wildman–Crippen LogP) is 6.18. The first-order valence-corrected chi connectivity index (χ1v) is 11.0. The summed E-state index contributed by atoms with van der Waals surface area (Å²) in [7, 11) is 0. The fourth-order valence-electron chi connectivity index (χ4n) is 4.28. The van der Waals surface area contributed by atoms with Gasteiger partial charge in [0, 0.05) is 28.3 Å². The second kappa shape index (κ2) is 8.71. The Morgan fingerprint density at radius 3 is 2.70 bits per heavy atom. The number of hydrogen-bond donors (Lipinski definition) is 1. The van der Waals surface area contributed by atoms with Gasteiger partial charge in [-0.2, -0.15) is 0 Å². The summed E-state index contributed by atoms with van der Waals surface area (Å²) in [6.45, 7) is 0.955. The van der Waals surface area contributed by atoms with Crippen LogP contribution in [0.15, 0.2) is 41.6 Å². The maximum atomic E-state index is 4.01. The number of rotatable bonds is 6. The van der Waals surface area contributed by atoms with Crippen molar-refractivity contribution >= 4 is 31.9 Å². The number of halogens is 2. The van der Waals surface area contributed by atoms with E-state index in [4.69, 9.17) is 0 Å². The molecule has 23 heavy (non-hydrogen) atoms. The Hall–Kier alpha value is -0.280. The average molecular weight is 441 g/mol. The van der Waals surface area contributed by atoms with E-state index in [0.717, 1.165) is 17.8 Å². The van der Waals surface area contributed by atoms with Crippen LogP contribution in [-0.2, 0) is 6.54 Å². The third-order valence-corrected chi connectivity index (χ3v) is 7.01. The largest absolute Gasteiger partial charge is 0.384 e. The summed E-state index contributed by atoms with van der Waals surface area (Å²) in [5.74, 6) is 1.57. The molecule has 3 atom stereocenters. The van der Waals surface area contributed by atoms with Crippen molar-refractivity contribution in [2.45, 2.75) is 56.3 Å². The third kappa shape index (κ3) is 4.42. The van der Waals surface area contributed by atoms with Crippen LogP contribution in [0, 0.1) is 11.8 Å². The number of allylic oxidation sites excluding steroid dienone is 2. The Kier molecular flexibility index (Phi) is 6.64. The van der Waals surface area contributed by atoms with E-state index in [1.165, 1.54) is 50.5 Å². The number of hydrogen-bond acceptors (Lipinski definition) is 1. The molecule has 3 rings (SSSR count). The summed E-state index contributed by atoms with van der Waals surface area (Å²) < 4.78 is 0. The van der Waals surface area contributed by atoms with E-state index < -0.39 is 0 Å². The normalized spacial score (nSPS) is 27.7. The molecule has 126 valence electrons. The van der Waals surface area contributed by atoms with Gasteiger partial charge in [-0.05, 0) is 50.0 Å². The van der Waals surface area contributed by atoms with Crippen LogP contribution in [-0.4, -0.2) is 10.2 Å². The van der Waals surface area contributed by atoms with Crippen LogP contribution in [0.25, 0.3) is 0 Å². The summed E-state index contributed by atoms with van der Waals surface area (Å²) in [5.41, 5.74) is 4.64. The van der Waals surface area contributed by atoms with Crippen LogP contribution in [0.4, 0.5) is 0 Å². The lowest BCUT2D eigenvalue weighted by atomic mass is 9.69. The van der Waals surface area contributed by atoms with Gasteiger partial charge in [0.25, 0.3) is 0 Å². The van der Waals surface area contributed by atoms with Crippen LogP contribution in [0.1, 0.15) is 50.5 Å². The van der Waals surface area contributed by atoms with Gasteiger partial charge in [-0.1, -0.05) is 74.2 Å². The minimum Gasteiger partial charge on any atom is -0.384 e. The Morgan fingerprint density at radius 1 is 1.09 bits per heavy atom. The molecule has 2 aliphatic rings. The van der Waals surface area contributed by atoms with Crippen LogP contribution in [0.2, 0.25) is 0 Å². The molecule has 0 radical (unpaired) electrons. The van der Waals surface area contributed by atoms with Gasteiger partial charge in [0.15, 0.2) is 0 Å². The molecule has 2 aliphatic carbocycles. The SMILES string of the molecule is BrCCCC1=C(NCc2ccccc2)C2C(Br)CCCC2CC1. The van der Waals surface area contributed by atoms with Crippen LogP contribution in [0.3, 0.4) is 0 Å². The highest BCUT2D eigenvalue weighted by Crippen LogP contribution is 2.46. The van der Waals surface area contributed by atoms with Crippen molar-refractivity contribution in [3.05, 3.63) is 47.2 Å². The van der Waals surface area contributed by atoms with Crippen molar-refractivity contribution in [2.75, 3.05) is 5.33 Å². The molecule has 1 aromatic rings. The Labute approximate surface area is 157 Å². The van der Waals surface area contributed by atoms with E-state index in [0.29, 0.717) is 10.7 Å². The van der Waals surface area contributed by atoms with E-state index >= 15 is 0 Å². The average Bonchev–Trinajstić information content (AvgIpc) is 2.59. The highest BCUT2D eigenvalue weighted by Gasteiger charge is 2.38. The van der Waals surface area contributed by atoms with E-state index in [-0.39, 0.29) is 0 Å². The van der Waals surface area contributed by atoms with Gasteiger partial charge >= 0.3 is 0 Å². The highest BCUT2D eigenvalue weighted by atomic mass is 79.9. The summed E-state index contributed by atoms with van der Waals surface area (Å²) in [6, 6.07) is 10.8. The van der Waals surface area contributed by atoms with Crippen molar-refractivity contribution in [3.63, 3.8) is 0 Å². The zero-order valence-corrected chi connectivity index (χ0v) is 16.9. The lowest BCUT2D eigenvalue weighted by Gasteiger charge is -2.42. The van der Waals surface area contributed by atoms with Gasteiger partial charge in [0.2, 0.25) is 0 Å². The first-order valence-electron chi connectivity index (χ1n) is 8.99. The van der Waals surface area contributed by atoms with E-state index in [1.807, 2.05) is 0 Å². The number of benzene rings is 1. The molecule has 1 aromatic carbocycles. The van der Waals surface area contributed by atoms with Crippen molar-refractivity contribution in [2.24, 2.45) is 11.8 Å². The molecule has 0 saturated heterocycles. The minimum atomic E-state index is 0.652. The second-order valence-electron chi connectivity index (χ2n) is 6.92. The zero-order valence-electron chi connectivity index (χ0n) is 13.7. The molecule has 1 N–H and O–H groups in total. The monoisotopic (exact) mass is 439 g/mol. The highest BCUT2D eigenvalue weighted by molar-refractivity contribution is 9.09. The van der Waals surface area contributed by atoms with Gasteiger partial charge < -0.3 is 5.32 Å². The van der Waals surface area contributed by atoms with Gasteiger partial charge in [-0.15, -0.1) is 0 Å². The van der Waals surface area contributed by atoms with Gasteiger partial charge in [0.05, 0.1) is 0 Å². The van der Waals surface area contributed by atoms with Gasteiger partial charge in [-0.3, -0.25) is 0 Å². The first-order chi connectivity index (χ1) is 11.3. The summed E-state index contributed by atoms with van der Waals surface area (Å²) in [5, 5.41) is 4.97. The van der Waals surface area contributed by atoms with Crippen molar-refractivity contribution in [1.82, 2.24) is 5.32 Å². The van der Waals surface area contributed by atoms with Crippen molar-refractivity contribution in [1.29, 1.82) is 0 Å². The van der Waals surface area contributed by atoms with Crippen LogP contribution < -0.4 is 5.32 Å². The molecular formula is C20H27Br2N. The Balaban J connectivity index is 1.79. The van der Waals surface area contributed by atoms with Crippen LogP contribution >= 0.6 is 31.9 Å². The Morgan fingerprint density at radius 2 is 1.91 bits per heavy atom. The third-order valence-electron chi connectivity index (χ3n) is 5.42. The lowest BCUT2D eigenvalue weighted by molar-refractivity contribution is 0.239. The summed E-state index contributed by atoms with van der Waals surface area (Å²) in [4.78, 5) is 0.652. The zero-order chi connectivity index (χ0) is 16.1. The molecule has 0 bridgehead atoms. The van der Waals surface area contributed by atoms with E-state index in [9.17, 15) is 0 Å². The summed E-state index contributed by atoms with van der Waals surface area (Å²) in [6.07, 6.45) is 9.30. The number of fused-ring (bicyclic) bond motifs is 1. The molecule has 0 heterocycles. The maximum Gasteiger partial charge on any atom is 0.0397 e. The molecule has 0 aromatic heterocycles. The molecule has 3 unspecified atom stereocenters. The molecule has 0 aliphatic heterocycles. The molecule has 1 fully saturated rings. The fraction of sp³-hybridized carbons (Fsp3) is 0.600. The molecule has 3 heteroatoms. The lowest BCUT2D eigenvalue weighted by Crippen LogP contribution is -2.38. The smallest absolute Gasteiger partial charge is 0.0397 e. The topological polar surface area (TPSA) is 12.0 Å². The first kappa shape index (κ1) is 17.5. The number of alkyl halides is 2. The molecule has 1 saturated carbocycles. The quantitative estimate of drug-likeness (QED) is 0.520. The summed E-state index contributed by atoms with van der Waals surface area (Å²) >= 11 is 7.61. The molecular weight excluding hydrogens is 414 g/mol. The standard InChI is InChI=1S/C20H27Br2N/c21-13-5-9-17-12-11-16-8-4-10-18(22)19(16)20(17)23-14-15-6-2-1-3-7-15/h1-3,6-7,16,18-19,23H,4-5,8-14H2. The molecule has 1 nitrogen and oxygen atoms in total. The molecule has 0 amide bonds. The fourth-order valence-corrected chi connectivity index (χ4v) is 5.58. The molecule has 0 spiro atoms. The second-order valence-corrected chi connectivity index (χ2v) is 8.89. The van der Waals surface area contributed by atoms with Crippen molar-refractivity contribution in [3.8, 4) is 0 Å². The number of nitrogens with one attached hydrogen (secondary N) is 1. The van der Waals surface area contributed by atoms with Crippen molar-refractivity contribution < 1.29 is 0 Å².